The first-order valence-electron chi connectivity index (χ1n) is 10.1. The van der Waals surface area contributed by atoms with E-state index in [4.69, 9.17) is 14.2 Å². The van der Waals surface area contributed by atoms with E-state index in [1.54, 1.807) is 0 Å². The van der Waals surface area contributed by atoms with Gasteiger partial charge in [-0.25, -0.2) is 0 Å². The summed E-state index contributed by atoms with van der Waals surface area (Å²) < 4.78 is 19.7. The molecule has 1 fully saturated rings. The number of nitrogens with one attached hydrogen (secondary N) is 1. The number of aromatic nitrogens is 2. The van der Waals surface area contributed by atoms with Crippen LogP contribution >= 0.6 is 0 Å². The van der Waals surface area contributed by atoms with Crippen molar-refractivity contribution in [2.45, 2.75) is 64.7 Å². The Labute approximate surface area is 166 Å². The van der Waals surface area contributed by atoms with Gasteiger partial charge in [-0.05, 0) is 51.7 Å². The summed E-state index contributed by atoms with van der Waals surface area (Å²) in [6, 6.07) is 6.58. The molecule has 0 spiro atoms. The van der Waals surface area contributed by atoms with Crippen LogP contribution in [0.4, 0.5) is 0 Å². The number of rotatable bonds is 8. The highest BCUT2D eigenvalue weighted by atomic mass is 16.5. The molecule has 3 rings (SSSR count). The second-order valence-corrected chi connectivity index (χ2v) is 7.49. The molecule has 154 valence electrons. The number of imidazole rings is 1. The molecule has 0 saturated heterocycles. The summed E-state index contributed by atoms with van der Waals surface area (Å²) in [7, 11) is 1.97. The number of ether oxygens (including phenoxy) is 3. The van der Waals surface area contributed by atoms with Crippen molar-refractivity contribution in [2.24, 2.45) is 7.05 Å². The zero-order valence-electron chi connectivity index (χ0n) is 17.2. The Bertz CT molecular complexity index is 796. The average molecular weight is 389 g/mol. The summed E-state index contributed by atoms with van der Waals surface area (Å²) in [4.78, 5) is 15.7. The van der Waals surface area contributed by atoms with Crippen LogP contribution in [0.5, 0.6) is 11.8 Å². The minimum atomic E-state index is -0.0240. The highest BCUT2D eigenvalue weighted by molar-refractivity contribution is 5.78. The van der Waals surface area contributed by atoms with Crippen molar-refractivity contribution >= 4 is 16.9 Å². The van der Waals surface area contributed by atoms with E-state index in [1.165, 1.54) is 6.92 Å². The number of carbonyl (C=O) groups excluding carboxylic acids is 1. The van der Waals surface area contributed by atoms with Crippen LogP contribution in [0, 0.1) is 0 Å². The lowest BCUT2D eigenvalue weighted by Gasteiger charge is -2.29. The Morgan fingerprint density at radius 3 is 2.68 bits per heavy atom. The van der Waals surface area contributed by atoms with E-state index in [0.29, 0.717) is 19.2 Å². The number of aryl methyl sites for hydroxylation is 1. The standard InChI is InChI=1S/C21H31N3O4/c1-5-26-18-10-11-19-20(12-18)24(4)21(23-19)28-17-8-6-16(7-9-17)27-13-14(2)22-15(3)25/h10-12,14,16-17H,5-9,13H2,1-4H3,(H,22,25)/t14-,16-,17-/m0/s1. The molecule has 1 amide bonds. The molecule has 28 heavy (non-hydrogen) atoms. The Balaban J connectivity index is 1.52. The van der Waals surface area contributed by atoms with Gasteiger partial charge >= 0.3 is 0 Å². The van der Waals surface area contributed by atoms with Gasteiger partial charge in [0.15, 0.2) is 0 Å². The monoisotopic (exact) mass is 389 g/mol. The topological polar surface area (TPSA) is 74.6 Å². The summed E-state index contributed by atoms with van der Waals surface area (Å²) >= 11 is 0. The van der Waals surface area contributed by atoms with Gasteiger partial charge in [-0.2, -0.15) is 4.98 Å². The Kier molecular flexibility index (Phi) is 6.78. The molecule has 7 nitrogen and oxygen atoms in total. The van der Waals surface area contributed by atoms with Gasteiger partial charge in [0.25, 0.3) is 6.01 Å². The van der Waals surface area contributed by atoms with Crippen LogP contribution in [-0.2, 0) is 16.6 Å². The fourth-order valence-electron chi connectivity index (χ4n) is 3.64. The summed E-state index contributed by atoms with van der Waals surface area (Å²) in [5, 5.41) is 2.85. The van der Waals surface area contributed by atoms with Gasteiger partial charge in [0.1, 0.15) is 11.9 Å². The number of nitrogens with zero attached hydrogens (tertiary/aromatic N) is 2. The maximum absolute atomic E-state index is 11.1. The Morgan fingerprint density at radius 1 is 1.29 bits per heavy atom. The molecule has 0 bridgehead atoms. The van der Waals surface area contributed by atoms with Crippen molar-refractivity contribution in [2.75, 3.05) is 13.2 Å². The second-order valence-electron chi connectivity index (χ2n) is 7.49. The maximum atomic E-state index is 11.1. The van der Waals surface area contributed by atoms with Crippen molar-refractivity contribution in [3.63, 3.8) is 0 Å². The van der Waals surface area contributed by atoms with Crippen LogP contribution in [0.25, 0.3) is 11.0 Å². The number of benzene rings is 1. The third-order valence-electron chi connectivity index (χ3n) is 5.05. The van der Waals surface area contributed by atoms with Gasteiger partial charge in [-0.15, -0.1) is 0 Å². The third-order valence-corrected chi connectivity index (χ3v) is 5.05. The van der Waals surface area contributed by atoms with Crippen LogP contribution in [0.1, 0.15) is 46.5 Å². The number of carbonyl (C=O) groups is 1. The summed E-state index contributed by atoms with van der Waals surface area (Å²) in [5.74, 6) is 0.819. The molecule has 1 saturated carbocycles. The summed E-state index contributed by atoms with van der Waals surface area (Å²) in [5.41, 5.74) is 1.91. The molecule has 1 atom stereocenters. The lowest BCUT2D eigenvalue weighted by atomic mass is 9.95. The molecule has 0 unspecified atom stereocenters. The van der Waals surface area contributed by atoms with E-state index in [9.17, 15) is 4.79 Å². The van der Waals surface area contributed by atoms with Crippen molar-refractivity contribution in [1.29, 1.82) is 0 Å². The minimum Gasteiger partial charge on any atom is -0.494 e. The smallest absolute Gasteiger partial charge is 0.297 e. The van der Waals surface area contributed by atoms with E-state index in [-0.39, 0.29) is 24.2 Å². The quantitative estimate of drug-likeness (QED) is 0.750. The van der Waals surface area contributed by atoms with Gasteiger partial charge in [-0.1, -0.05) is 0 Å². The van der Waals surface area contributed by atoms with Crippen molar-refractivity contribution in [1.82, 2.24) is 14.9 Å². The summed E-state index contributed by atoms with van der Waals surface area (Å²) in [6.45, 7) is 6.64. The van der Waals surface area contributed by atoms with Crippen LogP contribution in [0.15, 0.2) is 18.2 Å². The molecule has 0 aliphatic heterocycles. The molecule has 1 aromatic carbocycles. The third kappa shape index (κ3) is 5.16. The number of hydrogen-bond acceptors (Lipinski definition) is 5. The normalized spacial score (nSPS) is 20.7. The molecule has 7 heteroatoms. The van der Waals surface area contributed by atoms with E-state index < -0.39 is 0 Å². The molecular formula is C21H31N3O4. The number of amides is 1. The van der Waals surface area contributed by atoms with Crippen LogP contribution < -0.4 is 14.8 Å². The first-order valence-corrected chi connectivity index (χ1v) is 10.1. The molecule has 1 aromatic heterocycles. The second kappa shape index (κ2) is 9.28. The predicted molar refractivity (Wildman–Crippen MR) is 108 cm³/mol. The molecule has 1 N–H and O–H groups in total. The zero-order chi connectivity index (χ0) is 20.1. The predicted octanol–water partition coefficient (Wildman–Crippen LogP) is 3.20. The maximum Gasteiger partial charge on any atom is 0.297 e. The van der Waals surface area contributed by atoms with Crippen LogP contribution in [0.2, 0.25) is 0 Å². The average Bonchev–Trinajstić information content (AvgIpc) is 2.96. The van der Waals surface area contributed by atoms with Gasteiger partial charge in [0.05, 0.1) is 30.4 Å². The fourth-order valence-corrected chi connectivity index (χ4v) is 3.64. The van der Waals surface area contributed by atoms with E-state index in [0.717, 1.165) is 42.5 Å². The molecule has 0 radical (unpaired) electrons. The van der Waals surface area contributed by atoms with Gasteiger partial charge < -0.3 is 19.5 Å². The first kappa shape index (κ1) is 20.5. The van der Waals surface area contributed by atoms with E-state index >= 15 is 0 Å². The SMILES string of the molecule is CCOc1ccc2nc(O[C@H]3CC[C@H](OC[C@H](C)NC(C)=O)CC3)n(C)c2c1. The van der Waals surface area contributed by atoms with Crippen LogP contribution in [-0.4, -0.2) is 46.9 Å². The molecule has 1 heterocycles. The minimum absolute atomic E-state index is 0.0240. The van der Waals surface area contributed by atoms with Crippen LogP contribution in [0.3, 0.4) is 0 Å². The van der Waals surface area contributed by atoms with E-state index in [1.807, 2.05) is 43.7 Å². The van der Waals surface area contributed by atoms with Crippen molar-refractivity contribution in [3.8, 4) is 11.8 Å². The Morgan fingerprint density at radius 2 is 2.00 bits per heavy atom. The largest absolute Gasteiger partial charge is 0.494 e. The highest BCUT2D eigenvalue weighted by Crippen LogP contribution is 2.28. The lowest BCUT2D eigenvalue weighted by molar-refractivity contribution is -0.120. The van der Waals surface area contributed by atoms with Crippen molar-refractivity contribution < 1.29 is 19.0 Å². The molecular weight excluding hydrogens is 358 g/mol. The molecule has 1 aliphatic rings. The molecule has 1 aliphatic carbocycles. The lowest BCUT2D eigenvalue weighted by Crippen LogP contribution is -2.37. The van der Waals surface area contributed by atoms with Crippen molar-refractivity contribution in [3.05, 3.63) is 18.2 Å². The van der Waals surface area contributed by atoms with Gasteiger partial charge in [0, 0.05) is 26.1 Å². The Hall–Kier alpha value is -2.28. The molecule has 2 aromatic rings. The first-order chi connectivity index (χ1) is 13.5. The zero-order valence-corrected chi connectivity index (χ0v) is 17.2. The van der Waals surface area contributed by atoms with E-state index in [2.05, 4.69) is 10.3 Å². The highest BCUT2D eigenvalue weighted by Gasteiger charge is 2.25. The fraction of sp³-hybridized carbons (Fsp3) is 0.619. The van der Waals surface area contributed by atoms with Gasteiger partial charge in [-0.3, -0.25) is 9.36 Å². The number of fused-ring (bicyclic) bond motifs is 1. The number of hydrogen-bond donors (Lipinski definition) is 1. The summed E-state index contributed by atoms with van der Waals surface area (Å²) in [6.07, 6.45) is 4.16. The van der Waals surface area contributed by atoms with Gasteiger partial charge in [0.2, 0.25) is 5.91 Å².